The monoisotopic (exact) mass is 300 g/mol. The summed E-state index contributed by atoms with van der Waals surface area (Å²) in [4.78, 5) is 10.3. The second-order valence-corrected chi connectivity index (χ2v) is 6.79. The normalized spacial score (nSPS) is 23.6. The zero-order valence-corrected chi connectivity index (χ0v) is 14.4. The van der Waals surface area contributed by atoms with Crippen molar-refractivity contribution in [3.8, 4) is 0 Å². The first-order valence-electron chi connectivity index (χ1n) is 7.79. The summed E-state index contributed by atoms with van der Waals surface area (Å²) in [5, 5.41) is 9.91. The minimum Gasteiger partial charge on any atom is -0.393 e. The third-order valence-electron chi connectivity index (χ3n) is 4.04. The summed E-state index contributed by atoms with van der Waals surface area (Å²) in [7, 11) is 0. The SMILES string of the molecule is CC1=C(/C=C/C(C)=C/C=C\C(C)=C\C=O)C(C)(C)CC(O)C1. The molecule has 0 heterocycles. The minimum absolute atomic E-state index is 0.0116. The molecule has 22 heavy (non-hydrogen) atoms. The molecule has 0 radical (unpaired) electrons. The third-order valence-corrected chi connectivity index (χ3v) is 4.04. The first-order chi connectivity index (χ1) is 10.3. The lowest BCUT2D eigenvalue weighted by Crippen LogP contribution is -2.28. The van der Waals surface area contributed by atoms with E-state index in [4.69, 9.17) is 0 Å². The Morgan fingerprint density at radius 1 is 1.18 bits per heavy atom. The van der Waals surface area contributed by atoms with Crippen LogP contribution in [0.1, 0.15) is 47.5 Å². The van der Waals surface area contributed by atoms with Gasteiger partial charge in [-0.25, -0.2) is 0 Å². The molecule has 0 aromatic heterocycles. The van der Waals surface area contributed by atoms with Crippen molar-refractivity contribution in [1.82, 2.24) is 0 Å². The van der Waals surface area contributed by atoms with Gasteiger partial charge in [-0.15, -0.1) is 0 Å². The number of aldehydes is 1. The highest BCUT2D eigenvalue weighted by atomic mass is 16.3. The molecule has 0 aromatic rings. The molecule has 120 valence electrons. The van der Waals surface area contributed by atoms with Gasteiger partial charge in [0.25, 0.3) is 0 Å². The lowest BCUT2D eigenvalue weighted by Gasteiger charge is -2.35. The Labute approximate surface area is 134 Å². The molecule has 1 atom stereocenters. The van der Waals surface area contributed by atoms with Gasteiger partial charge in [0.15, 0.2) is 0 Å². The fraction of sp³-hybridized carbons (Fsp3) is 0.450. The fourth-order valence-corrected chi connectivity index (χ4v) is 2.96. The molecule has 0 aliphatic heterocycles. The maximum absolute atomic E-state index is 10.3. The maximum atomic E-state index is 10.3. The molecule has 0 amide bonds. The quantitative estimate of drug-likeness (QED) is 0.454. The smallest absolute Gasteiger partial charge is 0.143 e. The molecule has 0 spiro atoms. The van der Waals surface area contributed by atoms with Crippen LogP contribution in [0.15, 0.2) is 58.7 Å². The van der Waals surface area contributed by atoms with E-state index in [-0.39, 0.29) is 11.5 Å². The van der Waals surface area contributed by atoms with Crippen LogP contribution in [0.5, 0.6) is 0 Å². The summed E-state index contributed by atoms with van der Waals surface area (Å²) < 4.78 is 0. The highest BCUT2D eigenvalue weighted by Gasteiger charge is 2.31. The molecule has 0 saturated carbocycles. The van der Waals surface area contributed by atoms with Crippen LogP contribution in [0.3, 0.4) is 0 Å². The van der Waals surface area contributed by atoms with Crippen LogP contribution in [0.4, 0.5) is 0 Å². The van der Waals surface area contributed by atoms with Gasteiger partial charge in [0.2, 0.25) is 0 Å². The molecule has 1 rings (SSSR count). The summed E-state index contributed by atoms with van der Waals surface area (Å²) in [6.07, 6.45) is 13.9. The molecule has 1 aliphatic carbocycles. The summed E-state index contributed by atoms with van der Waals surface area (Å²) in [5.74, 6) is 0. The molecule has 1 unspecified atom stereocenters. The topological polar surface area (TPSA) is 37.3 Å². The van der Waals surface area contributed by atoms with E-state index in [1.54, 1.807) is 6.08 Å². The number of hydrogen-bond donors (Lipinski definition) is 1. The van der Waals surface area contributed by atoms with Gasteiger partial charge in [0.05, 0.1) is 6.10 Å². The number of carbonyl (C=O) groups is 1. The Bertz CT molecular complexity index is 554. The van der Waals surface area contributed by atoms with Crippen LogP contribution in [-0.2, 0) is 4.79 Å². The second kappa shape index (κ2) is 8.09. The number of carbonyl (C=O) groups excluding carboxylic acids is 1. The Hall–Kier alpha value is -1.67. The van der Waals surface area contributed by atoms with E-state index < -0.39 is 0 Å². The van der Waals surface area contributed by atoms with Gasteiger partial charge in [-0.05, 0) is 56.3 Å². The van der Waals surface area contributed by atoms with E-state index in [9.17, 15) is 9.90 Å². The second-order valence-electron chi connectivity index (χ2n) is 6.79. The Morgan fingerprint density at radius 2 is 1.82 bits per heavy atom. The first kappa shape index (κ1) is 18.4. The predicted octanol–water partition coefficient (Wildman–Crippen LogP) is 4.69. The predicted molar refractivity (Wildman–Crippen MR) is 93.6 cm³/mol. The molecule has 0 saturated heterocycles. The number of hydrogen-bond acceptors (Lipinski definition) is 2. The maximum Gasteiger partial charge on any atom is 0.143 e. The van der Waals surface area contributed by atoms with Crippen LogP contribution in [0.2, 0.25) is 0 Å². The van der Waals surface area contributed by atoms with Gasteiger partial charge in [-0.1, -0.05) is 55.4 Å². The van der Waals surface area contributed by atoms with Crippen LogP contribution >= 0.6 is 0 Å². The molecule has 0 aromatic carbocycles. The van der Waals surface area contributed by atoms with Crippen molar-refractivity contribution in [1.29, 1.82) is 0 Å². The van der Waals surface area contributed by atoms with Crippen molar-refractivity contribution in [2.45, 2.75) is 53.6 Å². The van der Waals surface area contributed by atoms with Gasteiger partial charge >= 0.3 is 0 Å². The summed E-state index contributed by atoms with van der Waals surface area (Å²) >= 11 is 0. The van der Waals surface area contributed by atoms with Gasteiger partial charge < -0.3 is 5.11 Å². The third kappa shape index (κ3) is 5.61. The lowest BCUT2D eigenvalue weighted by molar-refractivity contribution is -0.104. The Balaban J connectivity index is 2.84. The molecular weight excluding hydrogens is 272 g/mol. The van der Waals surface area contributed by atoms with E-state index in [1.807, 2.05) is 25.2 Å². The number of aliphatic hydroxyl groups excluding tert-OH is 1. The Morgan fingerprint density at radius 3 is 2.41 bits per heavy atom. The summed E-state index contributed by atoms with van der Waals surface area (Å²) in [5.41, 5.74) is 4.69. The van der Waals surface area contributed by atoms with E-state index in [1.165, 1.54) is 11.1 Å². The number of aliphatic hydroxyl groups is 1. The molecule has 1 N–H and O–H groups in total. The highest BCUT2D eigenvalue weighted by Crippen LogP contribution is 2.40. The zero-order chi connectivity index (χ0) is 16.8. The largest absolute Gasteiger partial charge is 0.393 e. The van der Waals surface area contributed by atoms with Gasteiger partial charge in [-0.2, -0.15) is 0 Å². The highest BCUT2D eigenvalue weighted by molar-refractivity contribution is 5.66. The zero-order valence-electron chi connectivity index (χ0n) is 14.4. The Kier molecular flexibility index (Phi) is 6.76. The summed E-state index contributed by atoms with van der Waals surface area (Å²) in [6.45, 7) is 10.4. The van der Waals surface area contributed by atoms with Crippen molar-refractivity contribution in [3.05, 3.63) is 58.7 Å². The van der Waals surface area contributed by atoms with Crippen LogP contribution in [-0.4, -0.2) is 17.5 Å². The molecule has 0 fully saturated rings. The van der Waals surface area contributed by atoms with E-state index in [0.29, 0.717) is 0 Å². The van der Waals surface area contributed by atoms with E-state index in [2.05, 4.69) is 39.8 Å². The first-order valence-corrected chi connectivity index (χ1v) is 7.79. The van der Waals surface area contributed by atoms with E-state index in [0.717, 1.165) is 30.3 Å². The number of rotatable bonds is 5. The average Bonchev–Trinajstić information content (AvgIpc) is 2.36. The van der Waals surface area contributed by atoms with Crippen molar-refractivity contribution in [2.75, 3.05) is 0 Å². The minimum atomic E-state index is -0.223. The molecule has 2 heteroatoms. The van der Waals surface area contributed by atoms with Crippen molar-refractivity contribution in [2.24, 2.45) is 5.41 Å². The van der Waals surface area contributed by atoms with Gasteiger partial charge in [0.1, 0.15) is 6.29 Å². The molecule has 0 bridgehead atoms. The number of allylic oxidation sites excluding steroid dienone is 9. The van der Waals surface area contributed by atoms with Crippen molar-refractivity contribution in [3.63, 3.8) is 0 Å². The molecule has 1 aliphatic rings. The molecular formula is C20H28O2. The fourth-order valence-electron chi connectivity index (χ4n) is 2.96. The van der Waals surface area contributed by atoms with Gasteiger partial charge in [-0.3, -0.25) is 4.79 Å². The summed E-state index contributed by atoms with van der Waals surface area (Å²) in [6, 6.07) is 0. The van der Waals surface area contributed by atoms with Crippen LogP contribution in [0, 0.1) is 5.41 Å². The van der Waals surface area contributed by atoms with E-state index >= 15 is 0 Å². The van der Waals surface area contributed by atoms with Crippen molar-refractivity contribution < 1.29 is 9.90 Å². The lowest BCUT2D eigenvalue weighted by atomic mass is 9.71. The molecule has 2 nitrogen and oxygen atoms in total. The standard InChI is InChI=1S/C20H28O2/c1-15(7-6-8-16(2)11-12-21)9-10-19-17(3)13-18(22)14-20(19,4)5/h6-12,18,22H,13-14H2,1-5H3/b8-6-,10-9+,15-7+,16-11+. The van der Waals surface area contributed by atoms with Crippen LogP contribution < -0.4 is 0 Å². The van der Waals surface area contributed by atoms with Crippen molar-refractivity contribution >= 4 is 6.29 Å². The van der Waals surface area contributed by atoms with Gasteiger partial charge in [0, 0.05) is 0 Å². The van der Waals surface area contributed by atoms with Crippen LogP contribution in [0.25, 0.3) is 0 Å². The average molecular weight is 300 g/mol.